The van der Waals surface area contributed by atoms with Crippen molar-refractivity contribution in [1.29, 1.82) is 0 Å². The Kier molecular flexibility index (Phi) is 5.51. The first-order valence-corrected chi connectivity index (χ1v) is 9.21. The van der Waals surface area contributed by atoms with Crippen molar-refractivity contribution in [2.24, 2.45) is 4.99 Å². The molecule has 122 valence electrons. The molecule has 0 radical (unpaired) electrons. The van der Waals surface area contributed by atoms with Crippen LogP contribution in [0.15, 0.2) is 53.5 Å². The molecule has 0 heterocycles. The molecule has 0 aliphatic carbocycles. The van der Waals surface area contributed by atoms with Crippen LogP contribution in [0.2, 0.25) is 6.04 Å². The van der Waals surface area contributed by atoms with Crippen LogP contribution in [0.4, 0.5) is 0 Å². The van der Waals surface area contributed by atoms with Gasteiger partial charge in [0, 0.05) is 23.7 Å². The van der Waals surface area contributed by atoms with E-state index in [-0.39, 0.29) is 30.5 Å². The van der Waals surface area contributed by atoms with Gasteiger partial charge in [0.2, 0.25) is 0 Å². The van der Waals surface area contributed by atoms with Crippen molar-refractivity contribution in [1.82, 2.24) is 0 Å². The molecule has 0 unspecified atom stereocenters. The van der Waals surface area contributed by atoms with Gasteiger partial charge in [-0.3, -0.25) is 4.99 Å². The van der Waals surface area contributed by atoms with Gasteiger partial charge in [-0.25, -0.2) is 0 Å². The summed E-state index contributed by atoms with van der Waals surface area (Å²) in [7, 11) is -4.08. The monoisotopic (exact) mass is 333 g/mol. The first-order valence-electron chi connectivity index (χ1n) is 7.17. The van der Waals surface area contributed by atoms with Crippen LogP contribution in [0.25, 0.3) is 0 Å². The highest BCUT2D eigenvalue weighted by Gasteiger charge is 2.25. The third kappa shape index (κ3) is 4.90. The average Bonchev–Trinajstić information content (AvgIpc) is 2.49. The summed E-state index contributed by atoms with van der Waals surface area (Å²) in [6, 6.07) is 13.2. The van der Waals surface area contributed by atoms with E-state index in [0.29, 0.717) is 16.8 Å². The molecule has 0 atom stereocenters. The highest BCUT2D eigenvalue weighted by atomic mass is 28.4. The van der Waals surface area contributed by atoms with Crippen molar-refractivity contribution in [2.75, 3.05) is 6.54 Å². The molecule has 0 saturated carbocycles. The maximum atomic E-state index is 10.0. The van der Waals surface area contributed by atoms with Gasteiger partial charge in [0.25, 0.3) is 0 Å². The standard InChI is InChI=1S/C16H19NO5Si/c18-14-8-3-1-6-12(14)16(13-7-2-4-9-15(13)19)17-10-5-11-23(20,21)22/h1-4,6-9,18-22H,5,10-11H2. The number of aliphatic imine (C=N–C) groups is 1. The lowest BCUT2D eigenvalue weighted by molar-refractivity contribution is 0.227. The molecule has 5 N–H and O–H groups in total. The Labute approximate surface area is 135 Å². The highest BCUT2D eigenvalue weighted by molar-refractivity contribution is 6.56. The summed E-state index contributed by atoms with van der Waals surface area (Å²) in [6.45, 7) is 0.217. The topological polar surface area (TPSA) is 114 Å². The number of rotatable bonds is 6. The van der Waals surface area contributed by atoms with E-state index < -0.39 is 8.80 Å². The summed E-state index contributed by atoms with van der Waals surface area (Å²) in [5, 5.41) is 20.1. The predicted molar refractivity (Wildman–Crippen MR) is 88.6 cm³/mol. The zero-order valence-corrected chi connectivity index (χ0v) is 13.4. The molecule has 6 nitrogen and oxygen atoms in total. The van der Waals surface area contributed by atoms with E-state index in [0.717, 1.165) is 0 Å². The Morgan fingerprint density at radius 2 is 1.30 bits per heavy atom. The second-order valence-electron chi connectivity index (χ2n) is 5.14. The molecular weight excluding hydrogens is 314 g/mol. The molecule has 2 aromatic carbocycles. The molecule has 0 saturated heterocycles. The summed E-state index contributed by atoms with van der Waals surface area (Å²) in [5.74, 6) is 0.0643. The first kappa shape index (κ1) is 17.2. The number of para-hydroxylation sites is 2. The summed E-state index contributed by atoms with van der Waals surface area (Å²) >= 11 is 0. The predicted octanol–water partition coefficient (Wildman–Crippen LogP) is 1.24. The fourth-order valence-electron chi connectivity index (χ4n) is 2.17. The van der Waals surface area contributed by atoms with Crippen LogP contribution in [0.3, 0.4) is 0 Å². The molecule has 0 bridgehead atoms. The van der Waals surface area contributed by atoms with Gasteiger partial charge < -0.3 is 24.6 Å². The molecule has 0 fully saturated rings. The minimum atomic E-state index is -4.08. The van der Waals surface area contributed by atoms with Gasteiger partial charge in [-0.2, -0.15) is 0 Å². The van der Waals surface area contributed by atoms with Crippen LogP contribution in [-0.4, -0.2) is 45.7 Å². The normalized spacial score (nSPS) is 11.3. The van der Waals surface area contributed by atoms with E-state index in [1.165, 1.54) is 12.1 Å². The SMILES string of the molecule is Oc1ccccc1C(=NCCC[Si](O)(O)O)c1ccccc1O. The molecule has 0 aliphatic heterocycles. The van der Waals surface area contributed by atoms with Crippen molar-refractivity contribution in [2.45, 2.75) is 12.5 Å². The van der Waals surface area contributed by atoms with Gasteiger partial charge in [-0.1, -0.05) is 24.3 Å². The van der Waals surface area contributed by atoms with E-state index in [2.05, 4.69) is 4.99 Å². The molecule has 0 spiro atoms. The quantitative estimate of drug-likeness (QED) is 0.310. The zero-order chi connectivity index (χ0) is 16.9. The second kappa shape index (κ2) is 7.38. The minimum absolute atomic E-state index is 0.0321. The van der Waals surface area contributed by atoms with Crippen LogP contribution >= 0.6 is 0 Å². The van der Waals surface area contributed by atoms with Crippen LogP contribution in [-0.2, 0) is 0 Å². The lowest BCUT2D eigenvalue weighted by Gasteiger charge is -2.12. The number of benzene rings is 2. The van der Waals surface area contributed by atoms with Gasteiger partial charge in [-0.05, 0) is 30.7 Å². The van der Waals surface area contributed by atoms with Crippen molar-refractivity contribution >= 4 is 14.5 Å². The fourth-order valence-corrected chi connectivity index (χ4v) is 2.80. The van der Waals surface area contributed by atoms with Gasteiger partial charge in [0.1, 0.15) is 11.5 Å². The first-order chi connectivity index (χ1) is 10.9. The molecule has 2 rings (SSSR count). The van der Waals surface area contributed by atoms with E-state index in [1.807, 2.05) is 0 Å². The number of nitrogens with zero attached hydrogens (tertiary/aromatic N) is 1. The van der Waals surface area contributed by atoms with Crippen molar-refractivity contribution in [3.05, 3.63) is 59.7 Å². The molecule has 0 aromatic heterocycles. The van der Waals surface area contributed by atoms with Gasteiger partial charge in [0.05, 0.1) is 5.71 Å². The van der Waals surface area contributed by atoms with Crippen LogP contribution in [0.1, 0.15) is 17.5 Å². The average molecular weight is 333 g/mol. The van der Waals surface area contributed by atoms with Crippen molar-refractivity contribution < 1.29 is 24.6 Å². The van der Waals surface area contributed by atoms with Crippen LogP contribution in [0.5, 0.6) is 11.5 Å². The van der Waals surface area contributed by atoms with Gasteiger partial charge in [0.15, 0.2) is 0 Å². The Bertz CT molecular complexity index is 649. The Balaban J connectivity index is 2.33. The largest absolute Gasteiger partial charge is 0.507 e. The number of aromatic hydroxyl groups is 2. The van der Waals surface area contributed by atoms with Crippen molar-refractivity contribution in [3.8, 4) is 11.5 Å². The van der Waals surface area contributed by atoms with Crippen LogP contribution in [0, 0.1) is 0 Å². The lowest BCUT2D eigenvalue weighted by atomic mass is 10.0. The molecule has 2 aromatic rings. The fraction of sp³-hybridized carbons (Fsp3) is 0.188. The second-order valence-corrected chi connectivity index (χ2v) is 7.19. The van der Waals surface area contributed by atoms with Gasteiger partial charge >= 0.3 is 8.80 Å². The molecule has 23 heavy (non-hydrogen) atoms. The van der Waals surface area contributed by atoms with Crippen molar-refractivity contribution in [3.63, 3.8) is 0 Å². The summed E-state index contributed by atoms with van der Waals surface area (Å²) in [5.41, 5.74) is 1.34. The number of phenols is 2. The molecule has 0 aliphatic rings. The summed E-state index contributed by atoms with van der Waals surface area (Å²) in [4.78, 5) is 31.5. The summed E-state index contributed by atoms with van der Waals surface area (Å²) in [6.07, 6.45) is 0.278. The Morgan fingerprint density at radius 3 is 1.74 bits per heavy atom. The van der Waals surface area contributed by atoms with E-state index in [9.17, 15) is 10.2 Å². The highest BCUT2D eigenvalue weighted by Crippen LogP contribution is 2.25. The molecular formula is C16H19NO5Si. The third-order valence-electron chi connectivity index (χ3n) is 3.26. The lowest BCUT2D eigenvalue weighted by Crippen LogP contribution is -2.34. The van der Waals surface area contributed by atoms with Crippen LogP contribution < -0.4 is 0 Å². The number of hydrogen-bond acceptors (Lipinski definition) is 6. The Morgan fingerprint density at radius 1 is 0.826 bits per heavy atom. The minimum Gasteiger partial charge on any atom is -0.507 e. The Hall–Kier alpha value is -2.19. The van der Waals surface area contributed by atoms with E-state index >= 15 is 0 Å². The smallest absolute Gasteiger partial charge is 0.492 e. The maximum absolute atomic E-state index is 10.0. The van der Waals surface area contributed by atoms with E-state index in [4.69, 9.17) is 14.4 Å². The maximum Gasteiger partial charge on any atom is 0.492 e. The number of phenolic OH excluding ortho intramolecular Hbond substituents is 2. The molecule has 7 heteroatoms. The molecule has 0 amide bonds. The number of hydrogen-bond donors (Lipinski definition) is 5. The summed E-state index contributed by atoms with van der Waals surface area (Å²) < 4.78 is 0. The zero-order valence-electron chi connectivity index (χ0n) is 12.4. The van der Waals surface area contributed by atoms with E-state index in [1.54, 1.807) is 36.4 Å². The van der Waals surface area contributed by atoms with Gasteiger partial charge in [-0.15, -0.1) is 0 Å². The third-order valence-corrected chi connectivity index (χ3v) is 4.28.